The molecule has 0 aliphatic carbocycles. The second kappa shape index (κ2) is 5.48. The summed E-state index contributed by atoms with van der Waals surface area (Å²) in [6.45, 7) is 5.65. The minimum absolute atomic E-state index is 0.491. The lowest BCUT2D eigenvalue weighted by Gasteiger charge is -2.08. The Labute approximate surface area is 78.3 Å². The minimum Gasteiger partial charge on any atom is -0.475 e. The summed E-state index contributed by atoms with van der Waals surface area (Å²) in [4.78, 5) is 0. The van der Waals surface area contributed by atoms with Gasteiger partial charge in [-0.25, -0.2) is 0 Å². The SMILES string of the molecule is CC(C)NCCOc1cccnn1. The van der Waals surface area contributed by atoms with Crippen LogP contribution >= 0.6 is 0 Å². The van der Waals surface area contributed by atoms with E-state index in [2.05, 4.69) is 29.4 Å². The molecule has 0 saturated carbocycles. The van der Waals surface area contributed by atoms with Crippen LogP contribution in [0.25, 0.3) is 0 Å². The van der Waals surface area contributed by atoms with Crippen LogP contribution in [0.15, 0.2) is 18.3 Å². The van der Waals surface area contributed by atoms with Crippen molar-refractivity contribution < 1.29 is 4.74 Å². The molecule has 1 rings (SSSR count). The van der Waals surface area contributed by atoms with Crippen molar-refractivity contribution in [3.05, 3.63) is 18.3 Å². The van der Waals surface area contributed by atoms with E-state index >= 15 is 0 Å². The molecule has 0 radical (unpaired) electrons. The van der Waals surface area contributed by atoms with Crippen LogP contribution in [-0.4, -0.2) is 29.4 Å². The van der Waals surface area contributed by atoms with Gasteiger partial charge in [-0.2, -0.15) is 5.10 Å². The fourth-order valence-corrected chi connectivity index (χ4v) is 0.868. The van der Waals surface area contributed by atoms with Gasteiger partial charge in [0.2, 0.25) is 5.88 Å². The van der Waals surface area contributed by atoms with Crippen molar-refractivity contribution in [3.8, 4) is 5.88 Å². The van der Waals surface area contributed by atoms with Crippen LogP contribution in [0.2, 0.25) is 0 Å². The third kappa shape index (κ3) is 4.42. The zero-order valence-electron chi connectivity index (χ0n) is 8.03. The number of rotatable bonds is 5. The van der Waals surface area contributed by atoms with Crippen LogP contribution in [0.4, 0.5) is 0 Å². The summed E-state index contributed by atoms with van der Waals surface area (Å²) in [5.41, 5.74) is 0. The molecule has 0 fully saturated rings. The first-order chi connectivity index (χ1) is 6.29. The third-order valence-electron chi connectivity index (χ3n) is 1.45. The van der Waals surface area contributed by atoms with E-state index in [0.29, 0.717) is 18.5 Å². The van der Waals surface area contributed by atoms with E-state index in [1.807, 2.05) is 0 Å². The quantitative estimate of drug-likeness (QED) is 0.684. The molecule has 4 nitrogen and oxygen atoms in total. The van der Waals surface area contributed by atoms with Gasteiger partial charge in [-0.15, -0.1) is 5.10 Å². The lowest BCUT2D eigenvalue weighted by Crippen LogP contribution is -2.27. The summed E-state index contributed by atoms with van der Waals surface area (Å²) < 4.78 is 5.32. The van der Waals surface area contributed by atoms with Crippen molar-refractivity contribution >= 4 is 0 Å². The van der Waals surface area contributed by atoms with E-state index in [1.165, 1.54) is 0 Å². The van der Waals surface area contributed by atoms with Gasteiger partial charge in [0.15, 0.2) is 0 Å². The predicted molar refractivity (Wildman–Crippen MR) is 50.7 cm³/mol. The van der Waals surface area contributed by atoms with Crippen LogP contribution in [0, 0.1) is 0 Å². The monoisotopic (exact) mass is 181 g/mol. The van der Waals surface area contributed by atoms with Crippen molar-refractivity contribution in [2.24, 2.45) is 0 Å². The van der Waals surface area contributed by atoms with Gasteiger partial charge in [-0.3, -0.25) is 0 Å². The molecule has 0 spiro atoms. The van der Waals surface area contributed by atoms with E-state index in [4.69, 9.17) is 4.74 Å². The summed E-state index contributed by atoms with van der Waals surface area (Å²) in [6, 6.07) is 4.09. The summed E-state index contributed by atoms with van der Waals surface area (Å²) in [5.74, 6) is 0.577. The third-order valence-corrected chi connectivity index (χ3v) is 1.45. The highest BCUT2D eigenvalue weighted by Crippen LogP contribution is 1.99. The summed E-state index contributed by atoms with van der Waals surface area (Å²) in [6.07, 6.45) is 1.62. The fraction of sp³-hybridized carbons (Fsp3) is 0.556. The molecule has 1 N–H and O–H groups in total. The maximum absolute atomic E-state index is 5.32. The predicted octanol–water partition coefficient (Wildman–Crippen LogP) is 0.853. The molecule has 0 bridgehead atoms. The van der Waals surface area contributed by atoms with E-state index in [-0.39, 0.29) is 0 Å². The number of ether oxygens (including phenoxy) is 1. The molecule has 0 aliphatic rings. The van der Waals surface area contributed by atoms with Crippen molar-refractivity contribution in [3.63, 3.8) is 0 Å². The second-order valence-corrected chi connectivity index (χ2v) is 3.02. The van der Waals surface area contributed by atoms with Gasteiger partial charge < -0.3 is 10.1 Å². The number of nitrogens with one attached hydrogen (secondary N) is 1. The number of hydrogen-bond donors (Lipinski definition) is 1. The Balaban J connectivity index is 2.13. The largest absolute Gasteiger partial charge is 0.475 e. The molecule has 1 aromatic heterocycles. The molecule has 13 heavy (non-hydrogen) atoms. The molecule has 4 heteroatoms. The first kappa shape index (κ1) is 9.92. The summed E-state index contributed by atoms with van der Waals surface area (Å²) in [7, 11) is 0. The highest BCUT2D eigenvalue weighted by atomic mass is 16.5. The molecule has 0 aromatic carbocycles. The molecular weight excluding hydrogens is 166 g/mol. The van der Waals surface area contributed by atoms with Gasteiger partial charge in [0.1, 0.15) is 6.61 Å². The smallest absolute Gasteiger partial charge is 0.233 e. The average molecular weight is 181 g/mol. The van der Waals surface area contributed by atoms with Gasteiger partial charge in [0, 0.05) is 24.8 Å². The van der Waals surface area contributed by atoms with E-state index < -0.39 is 0 Å². The Hall–Kier alpha value is -1.16. The van der Waals surface area contributed by atoms with Crippen molar-refractivity contribution in [1.29, 1.82) is 0 Å². The van der Waals surface area contributed by atoms with Gasteiger partial charge in [0.25, 0.3) is 0 Å². The van der Waals surface area contributed by atoms with E-state index in [9.17, 15) is 0 Å². The molecular formula is C9H15N3O. The zero-order chi connectivity index (χ0) is 9.52. The Morgan fingerprint density at radius 2 is 2.38 bits per heavy atom. The lowest BCUT2D eigenvalue weighted by atomic mass is 10.4. The first-order valence-corrected chi connectivity index (χ1v) is 4.43. The minimum atomic E-state index is 0.491. The fourth-order valence-electron chi connectivity index (χ4n) is 0.868. The Morgan fingerprint density at radius 1 is 1.54 bits per heavy atom. The Bertz CT molecular complexity index is 226. The molecule has 1 aromatic rings. The average Bonchev–Trinajstić information content (AvgIpc) is 2.14. The molecule has 0 saturated heterocycles. The van der Waals surface area contributed by atoms with Gasteiger partial charge >= 0.3 is 0 Å². The van der Waals surface area contributed by atoms with Gasteiger partial charge in [0.05, 0.1) is 0 Å². The molecule has 0 aliphatic heterocycles. The van der Waals surface area contributed by atoms with Crippen LogP contribution in [0.1, 0.15) is 13.8 Å². The van der Waals surface area contributed by atoms with E-state index in [0.717, 1.165) is 6.54 Å². The van der Waals surface area contributed by atoms with E-state index in [1.54, 1.807) is 18.3 Å². The Kier molecular flexibility index (Phi) is 4.18. The van der Waals surface area contributed by atoms with Crippen LogP contribution < -0.4 is 10.1 Å². The van der Waals surface area contributed by atoms with Crippen LogP contribution in [0.3, 0.4) is 0 Å². The Morgan fingerprint density at radius 3 is 3.00 bits per heavy atom. The highest BCUT2D eigenvalue weighted by molar-refractivity contribution is 5.04. The van der Waals surface area contributed by atoms with Crippen LogP contribution in [0.5, 0.6) is 5.88 Å². The standard InChI is InChI=1S/C9H15N3O/c1-8(2)10-6-7-13-9-4-3-5-11-12-9/h3-5,8,10H,6-7H2,1-2H3. The molecule has 72 valence electrons. The molecule has 0 atom stereocenters. The summed E-state index contributed by atoms with van der Waals surface area (Å²) in [5, 5.41) is 10.7. The van der Waals surface area contributed by atoms with Crippen molar-refractivity contribution in [1.82, 2.24) is 15.5 Å². The number of nitrogens with zero attached hydrogens (tertiary/aromatic N) is 2. The zero-order valence-corrected chi connectivity index (χ0v) is 8.03. The first-order valence-electron chi connectivity index (χ1n) is 4.43. The number of aromatic nitrogens is 2. The normalized spacial score (nSPS) is 10.4. The maximum atomic E-state index is 5.32. The molecule has 0 amide bonds. The summed E-state index contributed by atoms with van der Waals surface area (Å²) >= 11 is 0. The van der Waals surface area contributed by atoms with Gasteiger partial charge in [-0.05, 0) is 6.07 Å². The maximum Gasteiger partial charge on any atom is 0.233 e. The topological polar surface area (TPSA) is 47.0 Å². The van der Waals surface area contributed by atoms with Gasteiger partial charge in [-0.1, -0.05) is 13.8 Å². The molecule has 1 heterocycles. The van der Waals surface area contributed by atoms with Crippen LogP contribution in [-0.2, 0) is 0 Å². The second-order valence-electron chi connectivity index (χ2n) is 3.02. The van der Waals surface area contributed by atoms with Crippen molar-refractivity contribution in [2.45, 2.75) is 19.9 Å². The molecule has 0 unspecified atom stereocenters. The number of hydrogen-bond acceptors (Lipinski definition) is 4. The van der Waals surface area contributed by atoms with Crippen molar-refractivity contribution in [2.75, 3.05) is 13.2 Å². The highest BCUT2D eigenvalue weighted by Gasteiger charge is 1.94. The lowest BCUT2D eigenvalue weighted by molar-refractivity contribution is 0.294.